The van der Waals surface area contributed by atoms with Gasteiger partial charge in [-0.2, -0.15) is 9.97 Å². The van der Waals surface area contributed by atoms with Gasteiger partial charge in [-0.1, -0.05) is 0 Å². The molecule has 2 aromatic heterocycles. The first kappa shape index (κ1) is 11.0. The molecule has 0 aromatic carbocycles. The van der Waals surface area contributed by atoms with E-state index in [0.717, 1.165) is 35.6 Å². The maximum atomic E-state index is 5.68. The molecule has 100 valence electrons. The van der Waals surface area contributed by atoms with Crippen LogP contribution in [0.25, 0.3) is 11.2 Å². The van der Waals surface area contributed by atoms with Crippen molar-refractivity contribution in [3.63, 3.8) is 0 Å². The molecular formula is C13H18N6. The van der Waals surface area contributed by atoms with Gasteiger partial charge in [0, 0.05) is 6.54 Å². The third kappa shape index (κ3) is 2.11. The number of imidazole rings is 1. The Balaban J connectivity index is 1.39. The minimum absolute atomic E-state index is 0.268. The number of nitrogens with zero attached hydrogens (tertiary/aromatic N) is 3. The number of hydrogen-bond acceptors (Lipinski definition) is 5. The summed E-state index contributed by atoms with van der Waals surface area (Å²) in [5.74, 6) is 4.04. The van der Waals surface area contributed by atoms with Gasteiger partial charge in [-0.05, 0) is 43.4 Å². The van der Waals surface area contributed by atoms with Gasteiger partial charge in [-0.15, -0.1) is 0 Å². The second kappa shape index (κ2) is 4.08. The van der Waals surface area contributed by atoms with Crippen LogP contribution in [-0.4, -0.2) is 26.5 Å². The molecule has 2 heterocycles. The lowest BCUT2D eigenvalue weighted by Crippen LogP contribution is -2.07. The largest absolute Gasteiger partial charge is 0.368 e. The molecule has 4 rings (SSSR count). The van der Waals surface area contributed by atoms with Crippen LogP contribution in [0.1, 0.15) is 25.7 Å². The molecule has 0 amide bonds. The van der Waals surface area contributed by atoms with E-state index in [1.807, 2.05) is 0 Å². The fourth-order valence-corrected chi connectivity index (χ4v) is 3.06. The quantitative estimate of drug-likeness (QED) is 0.760. The third-order valence-electron chi connectivity index (χ3n) is 4.32. The predicted octanol–water partition coefficient (Wildman–Crippen LogP) is 1.78. The van der Waals surface area contributed by atoms with Crippen molar-refractivity contribution in [2.75, 3.05) is 17.6 Å². The number of nitrogens with one attached hydrogen (secondary N) is 2. The zero-order chi connectivity index (χ0) is 12.8. The second-order valence-corrected chi connectivity index (χ2v) is 5.74. The van der Waals surface area contributed by atoms with E-state index in [9.17, 15) is 0 Å². The SMILES string of the molecule is Nc1nc(NCC[C@@H]2C[C@H]2C2CC2)c2[nH]cnc2n1. The number of aromatic amines is 1. The van der Waals surface area contributed by atoms with Crippen LogP contribution in [0, 0.1) is 17.8 Å². The van der Waals surface area contributed by atoms with Gasteiger partial charge in [0.1, 0.15) is 5.52 Å². The Labute approximate surface area is 111 Å². The number of nitrogen functional groups attached to an aromatic ring is 1. The van der Waals surface area contributed by atoms with Crippen molar-refractivity contribution in [2.45, 2.75) is 25.7 Å². The molecule has 19 heavy (non-hydrogen) atoms. The van der Waals surface area contributed by atoms with Crippen molar-refractivity contribution in [3.05, 3.63) is 6.33 Å². The van der Waals surface area contributed by atoms with Crippen molar-refractivity contribution in [1.29, 1.82) is 0 Å². The number of rotatable bonds is 5. The Bertz CT molecular complexity index is 602. The molecule has 0 spiro atoms. The first-order valence-corrected chi connectivity index (χ1v) is 7.02. The molecule has 0 radical (unpaired) electrons. The van der Waals surface area contributed by atoms with Gasteiger partial charge in [0.05, 0.1) is 6.33 Å². The highest BCUT2D eigenvalue weighted by molar-refractivity contribution is 5.83. The Morgan fingerprint density at radius 1 is 1.37 bits per heavy atom. The lowest BCUT2D eigenvalue weighted by atomic mass is 10.2. The lowest BCUT2D eigenvalue weighted by molar-refractivity contribution is 0.605. The number of aromatic nitrogens is 4. The van der Waals surface area contributed by atoms with Gasteiger partial charge >= 0.3 is 0 Å². The maximum Gasteiger partial charge on any atom is 0.224 e. The van der Waals surface area contributed by atoms with Crippen LogP contribution in [0.5, 0.6) is 0 Å². The Morgan fingerprint density at radius 3 is 3.11 bits per heavy atom. The normalized spacial score (nSPS) is 25.7. The topological polar surface area (TPSA) is 92.5 Å². The third-order valence-corrected chi connectivity index (χ3v) is 4.32. The average molecular weight is 258 g/mol. The molecule has 2 fully saturated rings. The highest BCUT2D eigenvalue weighted by atomic mass is 15.1. The Kier molecular flexibility index (Phi) is 2.36. The van der Waals surface area contributed by atoms with Gasteiger partial charge in [0.2, 0.25) is 5.95 Å². The van der Waals surface area contributed by atoms with Crippen LogP contribution < -0.4 is 11.1 Å². The van der Waals surface area contributed by atoms with Crippen molar-refractivity contribution < 1.29 is 0 Å². The molecule has 4 N–H and O–H groups in total. The van der Waals surface area contributed by atoms with Crippen LogP contribution >= 0.6 is 0 Å². The second-order valence-electron chi connectivity index (χ2n) is 5.74. The molecular weight excluding hydrogens is 240 g/mol. The van der Waals surface area contributed by atoms with E-state index in [1.54, 1.807) is 6.33 Å². The molecule has 0 saturated heterocycles. The molecule has 2 aromatic rings. The predicted molar refractivity (Wildman–Crippen MR) is 73.5 cm³/mol. The number of nitrogens with two attached hydrogens (primary N) is 1. The molecule has 6 heteroatoms. The lowest BCUT2D eigenvalue weighted by Gasteiger charge is -2.06. The highest BCUT2D eigenvalue weighted by Gasteiger charge is 2.46. The maximum absolute atomic E-state index is 5.68. The number of anilines is 2. The summed E-state index contributed by atoms with van der Waals surface area (Å²) in [6.45, 7) is 0.943. The van der Waals surface area contributed by atoms with Crippen LogP contribution in [0.4, 0.5) is 11.8 Å². The van der Waals surface area contributed by atoms with E-state index in [2.05, 4.69) is 25.3 Å². The van der Waals surface area contributed by atoms with E-state index in [0.29, 0.717) is 5.65 Å². The Morgan fingerprint density at radius 2 is 2.26 bits per heavy atom. The fourth-order valence-electron chi connectivity index (χ4n) is 3.06. The first-order chi connectivity index (χ1) is 9.31. The molecule has 0 aliphatic heterocycles. The molecule has 6 nitrogen and oxygen atoms in total. The van der Waals surface area contributed by atoms with Crippen LogP contribution in [0.2, 0.25) is 0 Å². The summed E-state index contributed by atoms with van der Waals surface area (Å²) in [5.41, 5.74) is 7.14. The zero-order valence-electron chi connectivity index (χ0n) is 10.8. The van der Waals surface area contributed by atoms with E-state index in [-0.39, 0.29) is 5.95 Å². The summed E-state index contributed by atoms with van der Waals surface area (Å²) >= 11 is 0. The summed E-state index contributed by atoms with van der Waals surface area (Å²) < 4.78 is 0. The molecule has 0 unspecified atom stereocenters. The first-order valence-electron chi connectivity index (χ1n) is 7.02. The van der Waals surface area contributed by atoms with E-state index in [1.165, 1.54) is 25.7 Å². The molecule has 2 aliphatic rings. The van der Waals surface area contributed by atoms with Crippen LogP contribution in [0.15, 0.2) is 6.33 Å². The molecule has 2 atom stereocenters. The van der Waals surface area contributed by atoms with Gasteiger partial charge in [0.15, 0.2) is 11.5 Å². The van der Waals surface area contributed by atoms with Gasteiger partial charge in [-0.25, -0.2) is 4.98 Å². The molecule has 0 bridgehead atoms. The summed E-state index contributed by atoms with van der Waals surface area (Å²) in [7, 11) is 0. The zero-order valence-corrected chi connectivity index (χ0v) is 10.8. The summed E-state index contributed by atoms with van der Waals surface area (Å²) in [6, 6.07) is 0. The van der Waals surface area contributed by atoms with Crippen LogP contribution in [-0.2, 0) is 0 Å². The smallest absolute Gasteiger partial charge is 0.224 e. The van der Waals surface area contributed by atoms with Gasteiger partial charge in [0.25, 0.3) is 0 Å². The molecule has 2 aliphatic carbocycles. The minimum atomic E-state index is 0.268. The fraction of sp³-hybridized carbons (Fsp3) is 0.615. The highest BCUT2D eigenvalue weighted by Crippen LogP contribution is 2.55. The monoisotopic (exact) mass is 258 g/mol. The van der Waals surface area contributed by atoms with Gasteiger partial charge in [-0.3, -0.25) is 0 Å². The van der Waals surface area contributed by atoms with Crippen molar-refractivity contribution in [1.82, 2.24) is 19.9 Å². The summed E-state index contributed by atoms with van der Waals surface area (Å²) in [6.07, 6.45) is 7.20. The van der Waals surface area contributed by atoms with E-state index >= 15 is 0 Å². The van der Waals surface area contributed by atoms with Crippen LogP contribution in [0.3, 0.4) is 0 Å². The minimum Gasteiger partial charge on any atom is -0.368 e. The van der Waals surface area contributed by atoms with E-state index in [4.69, 9.17) is 5.73 Å². The average Bonchev–Trinajstić information content (AvgIpc) is 3.27. The summed E-state index contributed by atoms with van der Waals surface area (Å²) in [5, 5.41) is 3.36. The Hall–Kier alpha value is -1.85. The number of fused-ring (bicyclic) bond motifs is 1. The molecule has 2 saturated carbocycles. The standard InChI is InChI=1S/C13H18N6/c14-13-18-11(10-12(19-13)17-6-16-10)15-4-3-8-5-9(8)7-1-2-7/h6-9H,1-5H2,(H4,14,15,16,17,18,19)/t8-,9+/m1/s1. The van der Waals surface area contributed by atoms with E-state index < -0.39 is 0 Å². The van der Waals surface area contributed by atoms with Gasteiger partial charge < -0.3 is 16.0 Å². The number of H-pyrrole nitrogens is 1. The van der Waals surface area contributed by atoms with Crippen molar-refractivity contribution in [2.24, 2.45) is 17.8 Å². The van der Waals surface area contributed by atoms with Crippen molar-refractivity contribution >= 4 is 22.9 Å². The summed E-state index contributed by atoms with van der Waals surface area (Å²) in [4.78, 5) is 15.5. The van der Waals surface area contributed by atoms with Crippen molar-refractivity contribution in [3.8, 4) is 0 Å². The number of hydrogen-bond donors (Lipinski definition) is 3.